The highest BCUT2D eigenvalue weighted by Gasteiger charge is 2.50. The Morgan fingerprint density at radius 2 is 1.88 bits per heavy atom. The molecule has 1 atom stereocenters. The number of rotatable bonds is 7. The molecular weight excluding hydrogens is 472 g/mol. The van der Waals surface area contributed by atoms with Crippen molar-refractivity contribution in [3.8, 4) is 10.4 Å². The van der Waals surface area contributed by atoms with Crippen LogP contribution in [0.2, 0.25) is 0 Å². The number of amides is 1. The first-order valence-corrected chi connectivity index (χ1v) is 14.6. The molecule has 1 aliphatic rings. The van der Waals surface area contributed by atoms with Crippen LogP contribution < -0.4 is 5.48 Å². The molecule has 176 valence electrons. The summed E-state index contributed by atoms with van der Waals surface area (Å²) in [5, 5.41) is 9.10. The molecule has 2 heterocycles. The third kappa shape index (κ3) is 5.07. The third-order valence-corrected chi connectivity index (χ3v) is 11.1. The summed E-state index contributed by atoms with van der Waals surface area (Å²) >= 11 is 1.27. The number of carbonyl (C=O) groups excluding carboxylic acids is 1. The van der Waals surface area contributed by atoms with Gasteiger partial charge in [-0.25, -0.2) is 26.6 Å². The van der Waals surface area contributed by atoms with Gasteiger partial charge in [-0.1, -0.05) is 37.6 Å². The van der Waals surface area contributed by atoms with Crippen LogP contribution in [0.15, 0.2) is 36.4 Å². The molecule has 1 amide bonds. The molecule has 1 aliphatic heterocycles. The van der Waals surface area contributed by atoms with Gasteiger partial charge in [-0.2, -0.15) is 0 Å². The first-order valence-electron chi connectivity index (χ1n) is 10.3. The Kier molecular flexibility index (Phi) is 7.45. The van der Waals surface area contributed by atoms with E-state index in [0.717, 1.165) is 33.8 Å². The summed E-state index contributed by atoms with van der Waals surface area (Å²) in [6, 6.07) is 11.6. The highest BCUT2D eigenvalue weighted by Crippen LogP contribution is 2.45. The molecule has 0 saturated carbocycles. The second-order valence-corrected chi connectivity index (χ2v) is 13.5. The van der Waals surface area contributed by atoms with Gasteiger partial charge in [0.2, 0.25) is 15.9 Å². The van der Waals surface area contributed by atoms with Gasteiger partial charge in [-0.3, -0.25) is 10.0 Å². The van der Waals surface area contributed by atoms with Crippen LogP contribution in [0, 0.1) is 0 Å². The second-order valence-electron chi connectivity index (χ2n) is 8.05. The number of thiophene rings is 1. The van der Waals surface area contributed by atoms with Crippen molar-refractivity contribution in [2.45, 2.75) is 37.4 Å². The molecule has 0 unspecified atom stereocenters. The monoisotopic (exact) mass is 500 g/mol. The first kappa shape index (κ1) is 24.8. The lowest BCUT2D eigenvalue weighted by molar-refractivity contribution is -0.129. The SMILES string of the molecule is CCCc1ccc(-c2ccc([C@@]3(CC(=O)NO)CCN(S(C)(=O)=O)CCS3(=O)=O)s2)cc1. The number of hydrogen-bond acceptors (Lipinski definition) is 7. The number of carbonyl (C=O) groups is 1. The van der Waals surface area contributed by atoms with Gasteiger partial charge in [-0.15, -0.1) is 11.3 Å². The Balaban J connectivity index is 2.05. The molecular formula is C21H28N2O6S3. The predicted molar refractivity (Wildman–Crippen MR) is 125 cm³/mol. The van der Waals surface area contributed by atoms with Gasteiger partial charge in [0.05, 0.1) is 18.4 Å². The number of aryl methyl sites for hydroxylation is 1. The molecule has 32 heavy (non-hydrogen) atoms. The van der Waals surface area contributed by atoms with Crippen LogP contribution in [0.4, 0.5) is 0 Å². The lowest BCUT2D eigenvalue weighted by atomic mass is 9.97. The van der Waals surface area contributed by atoms with Crippen LogP contribution in [0.25, 0.3) is 10.4 Å². The van der Waals surface area contributed by atoms with Crippen molar-refractivity contribution < 1.29 is 26.8 Å². The van der Waals surface area contributed by atoms with Gasteiger partial charge < -0.3 is 0 Å². The number of sulfone groups is 1. The van der Waals surface area contributed by atoms with Crippen LogP contribution in [0.3, 0.4) is 0 Å². The molecule has 1 aromatic carbocycles. The minimum absolute atomic E-state index is 0.0320. The Labute approximate surface area is 193 Å². The van der Waals surface area contributed by atoms with Gasteiger partial charge in [0.1, 0.15) is 4.75 Å². The van der Waals surface area contributed by atoms with Crippen LogP contribution >= 0.6 is 11.3 Å². The number of hydroxylamine groups is 1. The van der Waals surface area contributed by atoms with Crippen LogP contribution in [-0.4, -0.2) is 57.4 Å². The molecule has 0 radical (unpaired) electrons. The zero-order valence-electron chi connectivity index (χ0n) is 18.1. The maximum Gasteiger partial charge on any atom is 0.245 e. The smallest absolute Gasteiger partial charge is 0.245 e. The summed E-state index contributed by atoms with van der Waals surface area (Å²) in [6.07, 6.45) is 2.49. The van der Waals surface area contributed by atoms with Gasteiger partial charge in [0, 0.05) is 22.8 Å². The van der Waals surface area contributed by atoms with Gasteiger partial charge >= 0.3 is 0 Å². The average molecular weight is 501 g/mol. The van der Waals surface area contributed by atoms with E-state index in [1.54, 1.807) is 6.07 Å². The van der Waals surface area contributed by atoms with E-state index in [2.05, 4.69) is 6.92 Å². The van der Waals surface area contributed by atoms with E-state index in [-0.39, 0.29) is 19.5 Å². The quantitative estimate of drug-likeness (QED) is 0.445. The fourth-order valence-corrected chi connectivity index (χ4v) is 8.61. The Morgan fingerprint density at radius 3 is 2.47 bits per heavy atom. The zero-order valence-corrected chi connectivity index (χ0v) is 20.5. The number of nitrogens with one attached hydrogen (secondary N) is 1. The van der Waals surface area contributed by atoms with Crippen LogP contribution in [0.5, 0.6) is 0 Å². The number of nitrogens with zero attached hydrogens (tertiary/aromatic N) is 1. The topological polar surface area (TPSA) is 121 Å². The molecule has 1 aromatic heterocycles. The van der Waals surface area contributed by atoms with Crippen molar-refractivity contribution in [3.05, 3.63) is 46.8 Å². The third-order valence-electron chi connectivity index (χ3n) is 5.84. The first-order chi connectivity index (χ1) is 15.0. The molecule has 2 aromatic rings. The molecule has 1 saturated heterocycles. The molecule has 2 N–H and O–H groups in total. The molecule has 8 nitrogen and oxygen atoms in total. The minimum Gasteiger partial charge on any atom is -0.289 e. The van der Waals surface area contributed by atoms with Gasteiger partial charge in [0.15, 0.2) is 9.84 Å². The summed E-state index contributed by atoms with van der Waals surface area (Å²) in [7, 11) is -7.51. The van der Waals surface area contributed by atoms with Crippen molar-refractivity contribution in [1.82, 2.24) is 9.79 Å². The molecule has 0 bridgehead atoms. The summed E-state index contributed by atoms with van der Waals surface area (Å²) in [6.45, 7) is 1.91. The van der Waals surface area contributed by atoms with Crippen LogP contribution in [-0.2, 0) is 35.8 Å². The lowest BCUT2D eigenvalue weighted by Crippen LogP contribution is -2.41. The summed E-state index contributed by atoms with van der Waals surface area (Å²) in [5.41, 5.74) is 3.69. The average Bonchev–Trinajstić information content (AvgIpc) is 3.17. The number of hydrogen-bond donors (Lipinski definition) is 2. The van der Waals surface area contributed by atoms with Crippen molar-refractivity contribution in [1.29, 1.82) is 0 Å². The van der Waals surface area contributed by atoms with Gasteiger partial charge in [-0.05, 0) is 36.1 Å². The molecule has 1 fully saturated rings. The predicted octanol–water partition coefficient (Wildman–Crippen LogP) is 2.54. The van der Waals surface area contributed by atoms with Crippen molar-refractivity contribution >= 4 is 37.1 Å². The standard InChI is InChI=1S/C21H28N2O6S3/c1-3-4-16-5-7-17(8-6-16)18-9-10-19(30-18)21(15-20(24)22-25)11-12-23(31(2,26)27)13-14-32(21,28)29/h5-10,25H,3-4,11-15H2,1-2H3,(H,22,24)/t21-/m0/s1. The fraction of sp³-hybridized carbons (Fsp3) is 0.476. The highest BCUT2D eigenvalue weighted by atomic mass is 32.2. The Morgan fingerprint density at radius 1 is 1.19 bits per heavy atom. The van der Waals surface area contributed by atoms with Gasteiger partial charge in [0.25, 0.3) is 0 Å². The highest BCUT2D eigenvalue weighted by molar-refractivity contribution is 7.92. The molecule has 0 spiro atoms. The van der Waals surface area contributed by atoms with E-state index in [1.165, 1.54) is 22.4 Å². The number of benzene rings is 1. The van der Waals surface area contributed by atoms with E-state index in [1.807, 2.05) is 30.3 Å². The van der Waals surface area contributed by atoms with Crippen molar-refractivity contribution in [2.75, 3.05) is 25.1 Å². The lowest BCUT2D eigenvalue weighted by Gasteiger charge is -2.30. The zero-order chi connectivity index (χ0) is 23.6. The van der Waals surface area contributed by atoms with Crippen molar-refractivity contribution in [3.63, 3.8) is 0 Å². The minimum atomic E-state index is -3.92. The number of sulfonamides is 1. The van der Waals surface area contributed by atoms with Crippen molar-refractivity contribution in [2.24, 2.45) is 0 Å². The fourth-order valence-electron chi connectivity index (χ4n) is 4.04. The molecule has 0 aliphatic carbocycles. The van der Waals surface area contributed by atoms with E-state index < -0.39 is 42.7 Å². The van der Waals surface area contributed by atoms with E-state index in [4.69, 9.17) is 5.21 Å². The molecule has 11 heteroatoms. The van der Waals surface area contributed by atoms with E-state index in [9.17, 15) is 21.6 Å². The van der Waals surface area contributed by atoms with E-state index in [0.29, 0.717) is 4.88 Å². The maximum absolute atomic E-state index is 13.4. The van der Waals surface area contributed by atoms with Crippen LogP contribution in [0.1, 0.15) is 36.6 Å². The summed E-state index contributed by atoms with van der Waals surface area (Å²) in [5.74, 6) is -1.24. The van der Waals surface area contributed by atoms with E-state index >= 15 is 0 Å². The summed E-state index contributed by atoms with van der Waals surface area (Å²) in [4.78, 5) is 13.5. The Bertz CT molecular complexity index is 1170. The maximum atomic E-state index is 13.4. The Hall–Kier alpha value is -1.79. The normalized spacial score (nSPS) is 21.7. The largest absolute Gasteiger partial charge is 0.289 e. The second kappa shape index (κ2) is 9.60. The molecule has 3 rings (SSSR count). The summed E-state index contributed by atoms with van der Waals surface area (Å²) < 4.78 is 50.5.